The highest BCUT2D eigenvalue weighted by Crippen LogP contribution is 2.22. The molecule has 0 saturated carbocycles. The smallest absolute Gasteiger partial charge is 0.233 e. The molecule has 1 N–H and O–H groups in total. The monoisotopic (exact) mass is 370 g/mol. The van der Waals surface area contributed by atoms with Gasteiger partial charge in [-0.15, -0.1) is 10.2 Å². The SMILES string of the molecule is CCCCCCNC(=O)C1CCCN(C(=O)CSc2nncs2)C1. The summed E-state index contributed by atoms with van der Waals surface area (Å²) in [7, 11) is 0. The molecule has 0 spiro atoms. The third kappa shape index (κ3) is 6.39. The molecule has 6 nitrogen and oxygen atoms in total. The summed E-state index contributed by atoms with van der Waals surface area (Å²) in [5, 5.41) is 10.7. The Hall–Kier alpha value is -1.15. The molecule has 1 aliphatic rings. The van der Waals surface area contributed by atoms with E-state index in [1.807, 2.05) is 4.90 Å². The lowest BCUT2D eigenvalue weighted by molar-refractivity contribution is -0.133. The summed E-state index contributed by atoms with van der Waals surface area (Å²) < 4.78 is 0.807. The maximum absolute atomic E-state index is 12.3. The van der Waals surface area contributed by atoms with Crippen molar-refractivity contribution < 1.29 is 9.59 Å². The van der Waals surface area contributed by atoms with Gasteiger partial charge in [0.15, 0.2) is 4.34 Å². The minimum Gasteiger partial charge on any atom is -0.356 e. The molecule has 1 aliphatic heterocycles. The Labute approximate surface area is 151 Å². The van der Waals surface area contributed by atoms with Crippen LogP contribution >= 0.6 is 23.1 Å². The molecular weight excluding hydrogens is 344 g/mol. The van der Waals surface area contributed by atoms with Crippen molar-refractivity contribution in [1.82, 2.24) is 20.4 Å². The second kappa shape index (κ2) is 10.7. The molecule has 1 atom stereocenters. The number of rotatable bonds is 9. The maximum atomic E-state index is 12.3. The molecule has 2 heterocycles. The van der Waals surface area contributed by atoms with Crippen LogP contribution in [0, 0.1) is 5.92 Å². The molecule has 0 aromatic carbocycles. The van der Waals surface area contributed by atoms with Crippen LogP contribution in [-0.2, 0) is 9.59 Å². The lowest BCUT2D eigenvalue weighted by Crippen LogP contribution is -2.46. The van der Waals surface area contributed by atoms with Gasteiger partial charge >= 0.3 is 0 Å². The van der Waals surface area contributed by atoms with Gasteiger partial charge in [-0.3, -0.25) is 9.59 Å². The van der Waals surface area contributed by atoms with Crippen LogP contribution in [0.15, 0.2) is 9.85 Å². The molecule has 24 heavy (non-hydrogen) atoms. The van der Waals surface area contributed by atoms with Gasteiger partial charge in [0, 0.05) is 19.6 Å². The van der Waals surface area contributed by atoms with Crippen molar-refractivity contribution in [1.29, 1.82) is 0 Å². The second-order valence-electron chi connectivity index (χ2n) is 6.02. The number of thioether (sulfide) groups is 1. The molecule has 0 bridgehead atoms. The molecule has 1 unspecified atom stereocenters. The number of piperidine rings is 1. The van der Waals surface area contributed by atoms with E-state index in [0.717, 1.165) is 43.1 Å². The minimum atomic E-state index is -0.0691. The summed E-state index contributed by atoms with van der Waals surface area (Å²) >= 11 is 2.85. The largest absolute Gasteiger partial charge is 0.356 e. The average Bonchev–Trinajstić information content (AvgIpc) is 3.13. The zero-order chi connectivity index (χ0) is 17.2. The number of carbonyl (C=O) groups is 2. The lowest BCUT2D eigenvalue weighted by Gasteiger charge is -2.32. The minimum absolute atomic E-state index is 0.0691. The molecule has 1 fully saturated rings. The average molecular weight is 371 g/mol. The van der Waals surface area contributed by atoms with Gasteiger partial charge in [-0.2, -0.15) is 0 Å². The van der Waals surface area contributed by atoms with E-state index in [1.165, 1.54) is 35.9 Å². The number of amides is 2. The Morgan fingerprint density at radius 3 is 3.04 bits per heavy atom. The van der Waals surface area contributed by atoms with Crippen LogP contribution in [-0.4, -0.2) is 52.3 Å². The summed E-state index contributed by atoms with van der Waals surface area (Å²) in [6.07, 6.45) is 6.37. The summed E-state index contributed by atoms with van der Waals surface area (Å²) in [6.45, 7) is 4.21. The predicted molar refractivity (Wildman–Crippen MR) is 97.1 cm³/mol. The number of nitrogens with zero attached hydrogens (tertiary/aromatic N) is 3. The van der Waals surface area contributed by atoms with Crippen LogP contribution in [0.25, 0.3) is 0 Å². The van der Waals surface area contributed by atoms with Gasteiger partial charge in [0.2, 0.25) is 11.8 Å². The van der Waals surface area contributed by atoms with E-state index >= 15 is 0 Å². The number of carbonyl (C=O) groups excluding carboxylic acids is 2. The van der Waals surface area contributed by atoms with Crippen molar-refractivity contribution in [2.24, 2.45) is 5.92 Å². The Morgan fingerprint density at radius 1 is 1.42 bits per heavy atom. The molecule has 1 aromatic rings. The van der Waals surface area contributed by atoms with E-state index in [1.54, 1.807) is 5.51 Å². The zero-order valence-corrected chi connectivity index (χ0v) is 15.8. The first kappa shape index (κ1) is 19.2. The van der Waals surface area contributed by atoms with E-state index in [4.69, 9.17) is 0 Å². The first-order valence-electron chi connectivity index (χ1n) is 8.65. The van der Waals surface area contributed by atoms with E-state index < -0.39 is 0 Å². The van der Waals surface area contributed by atoms with Gasteiger partial charge < -0.3 is 10.2 Å². The van der Waals surface area contributed by atoms with Crippen LogP contribution in [0.2, 0.25) is 0 Å². The number of unbranched alkanes of at least 4 members (excludes halogenated alkanes) is 3. The molecule has 1 saturated heterocycles. The predicted octanol–water partition coefficient (Wildman–Crippen LogP) is 2.57. The Balaban J connectivity index is 1.70. The summed E-state index contributed by atoms with van der Waals surface area (Å²) in [5.74, 6) is 0.470. The molecule has 2 rings (SSSR count). The first-order valence-corrected chi connectivity index (χ1v) is 10.5. The van der Waals surface area contributed by atoms with E-state index in [0.29, 0.717) is 12.3 Å². The van der Waals surface area contributed by atoms with Crippen LogP contribution in [0.4, 0.5) is 0 Å². The Kier molecular flexibility index (Phi) is 8.52. The van der Waals surface area contributed by atoms with Crippen LogP contribution in [0.3, 0.4) is 0 Å². The van der Waals surface area contributed by atoms with Gasteiger partial charge in [-0.25, -0.2) is 0 Å². The zero-order valence-electron chi connectivity index (χ0n) is 14.2. The lowest BCUT2D eigenvalue weighted by atomic mass is 9.97. The number of hydrogen-bond acceptors (Lipinski definition) is 6. The Bertz CT molecular complexity index is 510. The van der Waals surface area contributed by atoms with Crippen molar-refractivity contribution in [3.63, 3.8) is 0 Å². The fourth-order valence-corrected chi connectivity index (χ4v) is 4.16. The summed E-state index contributed by atoms with van der Waals surface area (Å²) in [5.41, 5.74) is 1.66. The maximum Gasteiger partial charge on any atom is 0.233 e. The van der Waals surface area contributed by atoms with Crippen LogP contribution in [0.5, 0.6) is 0 Å². The van der Waals surface area contributed by atoms with Gasteiger partial charge in [0.1, 0.15) is 5.51 Å². The van der Waals surface area contributed by atoms with Crippen molar-refractivity contribution in [3.05, 3.63) is 5.51 Å². The van der Waals surface area contributed by atoms with E-state index in [9.17, 15) is 9.59 Å². The number of likely N-dealkylation sites (tertiary alicyclic amines) is 1. The summed E-state index contributed by atoms with van der Waals surface area (Å²) in [6, 6.07) is 0. The Morgan fingerprint density at radius 2 is 2.29 bits per heavy atom. The summed E-state index contributed by atoms with van der Waals surface area (Å²) in [4.78, 5) is 26.4. The van der Waals surface area contributed by atoms with Crippen molar-refractivity contribution in [3.8, 4) is 0 Å². The van der Waals surface area contributed by atoms with E-state index in [2.05, 4.69) is 22.4 Å². The normalized spacial score (nSPS) is 17.7. The molecule has 8 heteroatoms. The highest BCUT2D eigenvalue weighted by molar-refractivity contribution is 8.01. The van der Waals surface area contributed by atoms with E-state index in [-0.39, 0.29) is 17.7 Å². The third-order valence-electron chi connectivity index (χ3n) is 4.13. The number of aromatic nitrogens is 2. The molecule has 2 amide bonds. The highest BCUT2D eigenvalue weighted by Gasteiger charge is 2.28. The van der Waals surface area contributed by atoms with Crippen LogP contribution in [0.1, 0.15) is 45.4 Å². The van der Waals surface area contributed by atoms with Gasteiger partial charge in [-0.1, -0.05) is 49.3 Å². The van der Waals surface area contributed by atoms with Crippen molar-refractivity contribution in [2.75, 3.05) is 25.4 Å². The van der Waals surface area contributed by atoms with Gasteiger partial charge in [0.05, 0.1) is 11.7 Å². The fraction of sp³-hybridized carbons (Fsp3) is 0.750. The fourth-order valence-electron chi connectivity index (χ4n) is 2.77. The van der Waals surface area contributed by atoms with Crippen molar-refractivity contribution in [2.45, 2.75) is 49.8 Å². The van der Waals surface area contributed by atoms with Gasteiger partial charge in [0.25, 0.3) is 0 Å². The third-order valence-corrected chi connectivity index (χ3v) is 5.98. The van der Waals surface area contributed by atoms with Crippen molar-refractivity contribution >= 4 is 34.9 Å². The van der Waals surface area contributed by atoms with Gasteiger partial charge in [-0.05, 0) is 19.3 Å². The topological polar surface area (TPSA) is 75.2 Å². The molecule has 0 radical (unpaired) electrons. The highest BCUT2D eigenvalue weighted by atomic mass is 32.2. The molecule has 0 aliphatic carbocycles. The number of nitrogens with one attached hydrogen (secondary N) is 1. The molecular formula is C16H26N4O2S2. The molecule has 134 valence electrons. The molecule has 1 aromatic heterocycles. The first-order chi connectivity index (χ1) is 11.7. The standard InChI is InChI=1S/C16H26N4O2S2/c1-2-3-4-5-8-17-15(22)13-7-6-9-20(10-13)14(21)11-23-16-19-18-12-24-16/h12-13H,2-11H2,1H3,(H,17,22). The van der Waals surface area contributed by atoms with Crippen LogP contribution < -0.4 is 5.32 Å². The second-order valence-corrected chi connectivity index (χ2v) is 8.08. The quantitative estimate of drug-likeness (QED) is 0.534. The number of hydrogen-bond donors (Lipinski definition) is 1.